The normalized spacial score (nSPS) is 18.4. The van der Waals surface area contributed by atoms with Gasteiger partial charge in [0.2, 0.25) is 0 Å². The van der Waals surface area contributed by atoms with Gasteiger partial charge in [-0.2, -0.15) is 15.8 Å². The molecule has 5 heteroatoms. The molecule has 0 radical (unpaired) electrons. The Hall–Kier alpha value is -2.39. The minimum Gasteiger partial charge on any atom is -0.376 e. The first-order chi connectivity index (χ1) is 8.80. The Labute approximate surface area is 104 Å². The lowest BCUT2D eigenvalue weighted by molar-refractivity contribution is -0.0902. The fraction of sp³-hybridized carbons (Fsp3) is 0.308. The lowest BCUT2D eigenvalue weighted by Crippen LogP contribution is -2.22. The second-order valence-corrected chi connectivity index (χ2v) is 3.75. The van der Waals surface area contributed by atoms with E-state index in [0.717, 1.165) is 0 Å². The van der Waals surface area contributed by atoms with Gasteiger partial charge in [-0.1, -0.05) is 0 Å². The maximum Gasteiger partial charge on any atom is 0.107 e. The summed E-state index contributed by atoms with van der Waals surface area (Å²) in [4.78, 5) is 0. The Morgan fingerprint density at radius 3 is 2.17 bits per heavy atom. The molecule has 1 aromatic carbocycles. The first-order valence-corrected chi connectivity index (χ1v) is 5.37. The van der Waals surface area contributed by atoms with Crippen molar-refractivity contribution in [3.05, 3.63) is 34.4 Å². The van der Waals surface area contributed by atoms with Crippen molar-refractivity contribution in [2.24, 2.45) is 0 Å². The number of nitriles is 3. The molecule has 0 aromatic heterocycles. The van der Waals surface area contributed by atoms with Crippen LogP contribution in [0.1, 0.15) is 28.4 Å². The molecule has 1 aromatic rings. The zero-order chi connectivity index (χ0) is 13.0. The Kier molecular flexibility index (Phi) is 3.55. The number of benzene rings is 1. The zero-order valence-corrected chi connectivity index (χ0v) is 9.51. The molecule has 1 heterocycles. The molecular formula is C13H9N3O2. The molecule has 0 aliphatic carbocycles. The van der Waals surface area contributed by atoms with Crippen molar-refractivity contribution in [1.29, 1.82) is 15.8 Å². The van der Waals surface area contributed by atoms with Gasteiger partial charge in [0.1, 0.15) is 18.2 Å². The maximum absolute atomic E-state index is 9.09. The topological polar surface area (TPSA) is 89.8 Å². The summed E-state index contributed by atoms with van der Waals surface area (Å²) < 4.78 is 10.8. The summed E-state index contributed by atoms with van der Waals surface area (Å²) in [6.45, 7) is 1.34. The van der Waals surface area contributed by atoms with Crippen molar-refractivity contribution in [2.75, 3.05) is 19.8 Å². The van der Waals surface area contributed by atoms with E-state index in [1.165, 1.54) is 12.1 Å². The van der Waals surface area contributed by atoms with Gasteiger partial charge in [0, 0.05) is 5.56 Å². The largest absolute Gasteiger partial charge is 0.376 e. The van der Waals surface area contributed by atoms with Crippen molar-refractivity contribution < 1.29 is 9.47 Å². The average Bonchev–Trinajstić information content (AvgIpc) is 2.46. The van der Waals surface area contributed by atoms with Crippen molar-refractivity contribution >= 4 is 0 Å². The molecule has 0 N–H and O–H groups in total. The van der Waals surface area contributed by atoms with Gasteiger partial charge in [-0.05, 0) is 12.1 Å². The van der Waals surface area contributed by atoms with Crippen LogP contribution in [-0.2, 0) is 9.47 Å². The maximum atomic E-state index is 9.09. The van der Waals surface area contributed by atoms with Crippen LogP contribution in [0.25, 0.3) is 0 Å². The van der Waals surface area contributed by atoms with E-state index in [-0.39, 0.29) is 17.2 Å². The second kappa shape index (κ2) is 5.29. The van der Waals surface area contributed by atoms with Crippen molar-refractivity contribution in [1.82, 2.24) is 0 Å². The number of hydrogen-bond acceptors (Lipinski definition) is 5. The molecule has 18 heavy (non-hydrogen) atoms. The van der Waals surface area contributed by atoms with Crippen molar-refractivity contribution in [2.45, 2.75) is 6.10 Å². The summed E-state index contributed by atoms with van der Waals surface area (Å²) in [6.07, 6.45) is -0.353. The molecule has 0 bridgehead atoms. The summed E-state index contributed by atoms with van der Waals surface area (Å²) in [6, 6.07) is 8.84. The van der Waals surface area contributed by atoms with E-state index in [0.29, 0.717) is 30.9 Å². The highest BCUT2D eigenvalue weighted by Crippen LogP contribution is 2.26. The van der Waals surface area contributed by atoms with Gasteiger partial charge in [-0.25, -0.2) is 0 Å². The van der Waals surface area contributed by atoms with Crippen LogP contribution in [0.5, 0.6) is 0 Å². The predicted molar refractivity (Wildman–Crippen MR) is 60.1 cm³/mol. The van der Waals surface area contributed by atoms with Crippen LogP contribution >= 0.6 is 0 Å². The van der Waals surface area contributed by atoms with Crippen LogP contribution in [0.15, 0.2) is 12.1 Å². The fourth-order valence-corrected chi connectivity index (χ4v) is 1.83. The van der Waals surface area contributed by atoms with Crippen LogP contribution in [0.4, 0.5) is 0 Å². The quantitative estimate of drug-likeness (QED) is 0.738. The van der Waals surface area contributed by atoms with E-state index in [4.69, 9.17) is 25.3 Å². The van der Waals surface area contributed by atoms with Gasteiger partial charge in [0.25, 0.3) is 0 Å². The summed E-state index contributed by atoms with van der Waals surface area (Å²) in [5, 5.41) is 27.0. The molecule has 1 aliphatic rings. The molecule has 0 amide bonds. The number of hydrogen-bond donors (Lipinski definition) is 0. The van der Waals surface area contributed by atoms with Crippen molar-refractivity contribution in [3.8, 4) is 18.2 Å². The minimum absolute atomic E-state index is 0.203. The first-order valence-electron chi connectivity index (χ1n) is 5.37. The van der Waals surface area contributed by atoms with E-state index in [2.05, 4.69) is 0 Å². The molecule has 1 fully saturated rings. The molecule has 0 saturated carbocycles. The molecule has 88 valence electrons. The molecule has 1 unspecified atom stereocenters. The first kappa shape index (κ1) is 12.1. The zero-order valence-electron chi connectivity index (χ0n) is 9.51. The molecular weight excluding hydrogens is 230 g/mol. The monoisotopic (exact) mass is 239 g/mol. The number of nitrogens with zero attached hydrogens (tertiary/aromatic N) is 3. The highest BCUT2D eigenvalue weighted by Gasteiger charge is 2.21. The lowest BCUT2D eigenvalue weighted by Gasteiger charge is -2.24. The fourth-order valence-electron chi connectivity index (χ4n) is 1.83. The SMILES string of the molecule is N#Cc1cc(C#N)c(C2COCCO2)cc1C#N. The van der Waals surface area contributed by atoms with Crippen LogP contribution in [-0.4, -0.2) is 19.8 Å². The van der Waals surface area contributed by atoms with Gasteiger partial charge in [-0.15, -0.1) is 0 Å². The second-order valence-electron chi connectivity index (χ2n) is 3.75. The third kappa shape index (κ3) is 2.17. The standard InChI is InChI=1S/C13H9N3O2/c14-5-9-3-11(7-16)12(4-10(9)6-15)13-8-17-1-2-18-13/h3-4,13H,1-2,8H2. The van der Waals surface area contributed by atoms with Gasteiger partial charge in [0.15, 0.2) is 0 Å². The highest BCUT2D eigenvalue weighted by molar-refractivity contribution is 5.54. The molecule has 1 saturated heterocycles. The molecule has 1 atom stereocenters. The highest BCUT2D eigenvalue weighted by atomic mass is 16.6. The molecule has 1 aliphatic heterocycles. The summed E-state index contributed by atoms with van der Waals surface area (Å²) in [5.41, 5.74) is 1.41. The molecule has 2 rings (SSSR count). The number of ether oxygens (including phenoxy) is 2. The minimum atomic E-state index is -0.353. The Morgan fingerprint density at radius 2 is 1.61 bits per heavy atom. The third-order valence-electron chi connectivity index (χ3n) is 2.71. The average molecular weight is 239 g/mol. The van der Waals surface area contributed by atoms with Crippen LogP contribution in [0.2, 0.25) is 0 Å². The summed E-state index contributed by atoms with van der Waals surface area (Å²) in [7, 11) is 0. The smallest absolute Gasteiger partial charge is 0.107 e. The van der Waals surface area contributed by atoms with E-state index in [9.17, 15) is 0 Å². The van der Waals surface area contributed by atoms with Crippen LogP contribution < -0.4 is 0 Å². The van der Waals surface area contributed by atoms with Crippen LogP contribution in [0.3, 0.4) is 0 Å². The molecule has 0 spiro atoms. The summed E-state index contributed by atoms with van der Waals surface area (Å²) in [5.74, 6) is 0. The Balaban J connectivity index is 2.50. The Bertz CT molecular complexity index is 584. The van der Waals surface area contributed by atoms with Gasteiger partial charge >= 0.3 is 0 Å². The third-order valence-corrected chi connectivity index (χ3v) is 2.71. The summed E-state index contributed by atoms with van der Waals surface area (Å²) >= 11 is 0. The lowest BCUT2D eigenvalue weighted by atomic mass is 9.96. The Morgan fingerprint density at radius 1 is 0.944 bits per heavy atom. The van der Waals surface area contributed by atoms with E-state index in [1.54, 1.807) is 0 Å². The molecule has 5 nitrogen and oxygen atoms in total. The number of rotatable bonds is 1. The van der Waals surface area contributed by atoms with Gasteiger partial charge in [0.05, 0.1) is 42.6 Å². The predicted octanol–water partition coefficient (Wildman–Crippen LogP) is 1.39. The van der Waals surface area contributed by atoms with E-state index in [1.807, 2.05) is 18.2 Å². The van der Waals surface area contributed by atoms with E-state index < -0.39 is 0 Å². The van der Waals surface area contributed by atoms with Crippen LogP contribution in [0, 0.1) is 34.0 Å². The van der Waals surface area contributed by atoms with E-state index >= 15 is 0 Å². The van der Waals surface area contributed by atoms with Gasteiger partial charge < -0.3 is 9.47 Å². The van der Waals surface area contributed by atoms with Crippen molar-refractivity contribution in [3.63, 3.8) is 0 Å². The van der Waals surface area contributed by atoms with Gasteiger partial charge in [-0.3, -0.25) is 0 Å².